The zero-order valence-corrected chi connectivity index (χ0v) is 16.0. The minimum absolute atomic E-state index is 0.0476. The summed E-state index contributed by atoms with van der Waals surface area (Å²) in [5, 5.41) is 16.7. The summed E-state index contributed by atoms with van der Waals surface area (Å²) < 4.78 is 0. The number of hydrogen-bond acceptors (Lipinski definition) is 4. The van der Waals surface area contributed by atoms with Crippen LogP contribution in [0, 0.1) is 6.92 Å². The molecule has 2 aromatic carbocycles. The molecule has 142 valence electrons. The van der Waals surface area contributed by atoms with Crippen molar-refractivity contribution in [3.8, 4) is 5.75 Å². The van der Waals surface area contributed by atoms with Crippen molar-refractivity contribution in [3.05, 3.63) is 59.2 Å². The smallest absolute Gasteiger partial charge is 0.275 e. The molecule has 2 aromatic rings. The average Bonchev–Trinajstić information content (AvgIpc) is 2.62. The number of hydrazone groups is 1. The van der Waals surface area contributed by atoms with Gasteiger partial charge in [0.2, 0.25) is 5.91 Å². The highest BCUT2D eigenvalue weighted by Crippen LogP contribution is 2.21. The van der Waals surface area contributed by atoms with E-state index in [1.807, 2.05) is 24.3 Å². The number of rotatable bonds is 6. The number of nitrogens with one attached hydrogen (secondary N) is 2. The molecule has 0 unspecified atom stereocenters. The first-order valence-electron chi connectivity index (χ1n) is 8.79. The molecule has 27 heavy (non-hydrogen) atoms. The van der Waals surface area contributed by atoms with E-state index in [1.165, 1.54) is 11.6 Å². The summed E-state index contributed by atoms with van der Waals surface area (Å²) in [7, 11) is 0. The zero-order chi connectivity index (χ0) is 20.0. The van der Waals surface area contributed by atoms with Gasteiger partial charge in [0.15, 0.2) is 0 Å². The van der Waals surface area contributed by atoms with E-state index >= 15 is 0 Å². The van der Waals surface area contributed by atoms with Crippen molar-refractivity contribution in [2.45, 2.75) is 40.0 Å². The van der Waals surface area contributed by atoms with Crippen molar-refractivity contribution in [1.29, 1.82) is 0 Å². The number of phenolic OH excluding ortho intramolecular Hbond substituents is 1. The summed E-state index contributed by atoms with van der Waals surface area (Å²) in [6.45, 7) is 7.58. The van der Waals surface area contributed by atoms with Gasteiger partial charge in [-0.1, -0.05) is 38.1 Å². The first-order valence-corrected chi connectivity index (χ1v) is 8.79. The molecule has 0 aromatic heterocycles. The van der Waals surface area contributed by atoms with Gasteiger partial charge < -0.3 is 10.4 Å². The van der Waals surface area contributed by atoms with E-state index in [9.17, 15) is 14.7 Å². The van der Waals surface area contributed by atoms with Gasteiger partial charge in [0.05, 0.1) is 12.0 Å². The Morgan fingerprint density at radius 3 is 2.41 bits per heavy atom. The van der Waals surface area contributed by atoms with Crippen LogP contribution in [0.3, 0.4) is 0 Å². The van der Waals surface area contributed by atoms with Crippen LogP contribution in [0.2, 0.25) is 0 Å². The Labute approximate surface area is 159 Å². The number of nitrogens with zero attached hydrogens (tertiary/aromatic N) is 1. The quantitative estimate of drug-likeness (QED) is 0.533. The topological polar surface area (TPSA) is 90.8 Å². The van der Waals surface area contributed by atoms with Crippen LogP contribution < -0.4 is 10.7 Å². The van der Waals surface area contributed by atoms with E-state index in [0.29, 0.717) is 22.9 Å². The number of hydrogen-bond donors (Lipinski definition) is 3. The van der Waals surface area contributed by atoms with E-state index in [2.05, 4.69) is 29.7 Å². The first-order chi connectivity index (χ1) is 12.8. The molecule has 6 nitrogen and oxygen atoms in total. The van der Waals surface area contributed by atoms with Crippen molar-refractivity contribution in [2.24, 2.45) is 5.10 Å². The van der Waals surface area contributed by atoms with Crippen LogP contribution in [0.5, 0.6) is 5.75 Å². The van der Waals surface area contributed by atoms with Gasteiger partial charge in [-0.3, -0.25) is 9.59 Å². The molecule has 0 fully saturated rings. The van der Waals surface area contributed by atoms with Gasteiger partial charge in [-0.15, -0.1) is 0 Å². The Hall–Kier alpha value is -3.15. The maximum Gasteiger partial charge on any atom is 0.275 e. The number of benzene rings is 2. The Bertz CT molecular complexity index is 855. The molecule has 2 amide bonds. The third-order valence-corrected chi connectivity index (χ3v) is 4.11. The predicted molar refractivity (Wildman–Crippen MR) is 107 cm³/mol. The molecule has 0 heterocycles. The highest BCUT2D eigenvalue weighted by Gasteiger charge is 2.12. The fourth-order valence-corrected chi connectivity index (χ4v) is 2.48. The van der Waals surface area contributed by atoms with Crippen molar-refractivity contribution in [2.75, 3.05) is 5.32 Å². The van der Waals surface area contributed by atoms with E-state index in [4.69, 9.17) is 0 Å². The predicted octanol–water partition coefficient (Wildman–Crippen LogP) is 3.96. The van der Waals surface area contributed by atoms with E-state index in [0.717, 1.165) is 0 Å². The highest BCUT2D eigenvalue weighted by molar-refractivity contribution is 6.06. The lowest BCUT2D eigenvalue weighted by Gasteiger charge is -2.09. The van der Waals surface area contributed by atoms with Gasteiger partial charge in [0.1, 0.15) is 5.75 Å². The number of aryl methyl sites for hydroxylation is 1. The highest BCUT2D eigenvalue weighted by atomic mass is 16.3. The second-order valence-electron chi connectivity index (χ2n) is 6.76. The number of carbonyl (C=O) groups is 2. The Balaban J connectivity index is 1.91. The minimum atomic E-state index is -0.528. The van der Waals surface area contributed by atoms with Crippen molar-refractivity contribution in [3.63, 3.8) is 0 Å². The van der Waals surface area contributed by atoms with Crippen LogP contribution in [0.15, 0.2) is 47.6 Å². The molecule has 0 saturated heterocycles. The van der Waals surface area contributed by atoms with Crippen LogP contribution in [-0.4, -0.2) is 22.6 Å². The summed E-state index contributed by atoms with van der Waals surface area (Å²) in [5.74, 6) is -0.396. The molecule has 0 spiro atoms. The Morgan fingerprint density at radius 2 is 1.78 bits per heavy atom. The van der Waals surface area contributed by atoms with E-state index in [-0.39, 0.29) is 23.6 Å². The molecule has 3 N–H and O–H groups in total. The first kappa shape index (κ1) is 20.2. The van der Waals surface area contributed by atoms with Gasteiger partial charge in [-0.05, 0) is 49.1 Å². The molecule has 2 rings (SSSR count). The molecular weight excluding hydrogens is 342 g/mol. The summed E-state index contributed by atoms with van der Waals surface area (Å²) in [6, 6.07) is 12.6. The molecular formula is C21H25N3O3. The molecule has 0 saturated carbocycles. The summed E-state index contributed by atoms with van der Waals surface area (Å²) in [4.78, 5) is 24.2. The van der Waals surface area contributed by atoms with Crippen LogP contribution in [0.4, 0.5) is 5.69 Å². The van der Waals surface area contributed by atoms with Crippen molar-refractivity contribution >= 4 is 23.2 Å². The number of anilines is 1. The third-order valence-electron chi connectivity index (χ3n) is 4.11. The van der Waals surface area contributed by atoms with Crippen LogP contribution in [0.25, 0.3) is 0 Å². The van der Waals surface area contributed by atoms with Crippen molar-refractivity contribution in [1.82, 2.24) is 5.43 Å². The largest absolute Gasteiger partial charge is 0.507 e. The number of carbonyl (C=O) groups excluding carboxylic acids is 2. The van der Waals surface area contributed by atoms with Gasteiger partial charge >= 0.3 is 0 Å². The third kappa shape index (κ3) is 5.67. The summed E-state index contributed by atoms with van der Waals surface area (Å²) >= 11 is 0. The van der Waals surface area contributed by atoms with Gasteiger partial charge in [-0.2, -0.15) is 5.10 Å². The van der Waals surface area contributed by atoms with Crippen molar-refractivity contribution < 1.29 is 14.7 Å². The SMILES string of the molecule is C/C(CC(=O)Nc1ccc(C(C)C)cc1)=N\NC(=O)c1cccc(C)c1O. The Kier molecular flexibility index (Phi) is 6.71. The standard InChI is InChI=1S/C21H25N3O3/c1-13(2)16-8-10-17(11-9-16)22-19(25)12-15(4)23-24-21(27)18-7-5-6-14(3)20(18)26/h5-11,13,26H,12H2,1-4H3,(H,22,25)(H,24,27)/b23-15+. The number of aromatic hydroxyl groups is 1. The normalized spacial score (nSPS) is 11.4. The second kappa shape index (κ2) is 8.98. The maximum atomic E-state index is 12.1. The minimum Gasteiger partial charge on any atom is -0.507 e. The summed E-state index contributed by atoms with van der Waals surface area (Å²) in [6.07, 6.45) is 0.0476. The average molecular weight is 367 g/mol. The van der Waals surface area contributed by atoms with Crippen LogP contribution in [0.1, 0.15) is 54.6 Å². The molecule has 0 aliphatic heterocycles. The van der Waals surface area contributed by atoms with Gasteiger partial charge in [0.25, 0.3) is 5.91 Å². The lowest BCUT2D eigenvalue weighted by molar-refractivity contribution is -0.115. The molecule has 0 radical (unpaired) electrons. The molecule has 0 bridgehead atoms. The molecule has 6 heteroatoms. The lowest BCUT2D eigenvalue weighted by Crippen LogP contribution is -2.21. The Morgan fingerprint density at radius 1 is 1.11 bits per heavy atom. The molecule has 0 atom stereocenters. The number of phenols is 1. The fraction of sp³-hybridized carbons (Fsp3) is 0.286. The number of amides is 2. The van der Waals surface area contributed by atoms with Gasteiger partial charge in [0, 0.05) is 11.4 Å². The summed E-state index contributed by atoms with van der Waals surface area (Å²) in [5.41, 5.74) is 5.47. The van der Waals surface area contributed by atoms with E-state index in [1.54, 1.807) is 26.0 Å². The lowest BCUT2D eigenvalue weighted by atomic mass is 10.0. The monoisotopic (exact) mass is 367 g/mol. The molecule has 0 aliphatic rings. The van der Waals surface area contributed by atoms with Gasteiger partial charge in [-0.25, -0.2) is 5.43 Å². The zero-order valence-electron chi connectivity index (χ0n) is 16.0. The molecule has 0 aliphatic carbocycles. The van der Waals surface area contributed by atoms with Crippen LogP contribution >= 0.6 is 0 Å². The fourth-order valence-electron chi connectivity index (χ4n) is 2.48. The van der Waals surface area contributed by atoms with Crippen LogP contribution in [-0.2, 0) is 4.79 Å². The maximum absolute atomic E-state index is 12.1. The number of para-hydroxylation sites is 1. The second-order valence-corrected chi connectivity index (χ2v) is 6.76. The van der Waals surface area contributed by atoms with E-state index < -0.39 is 5.91 Å².